The van der Waals surface area contributed by atoms with E-state index in [4.69, 9.17) is 14.2 Å². The fraction of sp³-hybridized carbons (Fsp3) is 0.412. The van der Waals surface area contributed by atoms with Gasteiger partial charge in [0.1, 0.15) is 29.1 Å². The summed E-state index contributed by atoms with van der Waals surface area (Å²) in [6.07, 6.45) is -2.50. The first-order chi connectivity index (χ1) is 22.3. The van der Waals surface area contributed by atoms with Gasteiger partial charge in [-0.2, -0.15) is 8.42 Å². The van der Waals surface area contributed by atoms with Gasteiger partial charge in [0.15, 0.2) is 0 Å². The summed E-state index contributed by atoms with van der Waals surface area (Å²) in [4.78, 5) is 27.6. The molecule has 0 amide bonds. The second kappa shape index (κ2) is 10.4. The van der Waals surface area contributed by atoms with E-state index < -0.39 is 73.5 Å². The molecule has 3 aliphatic carbocycles. The number of nitrogens with one attached hydrogen (secondary N) is 1. The Morgan fingerprint density at radius 2 is 1.57 bits per heavy atom. The average molecular weight is 680 g/mol. The Kier molecular flexibility index (Phi) is 6.82. The van der Waals surface area contributed by atoms with Crippen LogP contribution >= 0.6 is 0 Å². The fourth-order valence-corrected chi connectivity index (χ4v) is 11.6. The van der Waals surface area contributed by atoms with E-state index in [-0.39, 0.29) is 39.5 Å². The number of esters is 2. The van der Waals surface area contributed by atoms with Crippen LogP contribution in [0.15, 0.2) is 65.6 Å². The number of sulfonamides is 1. The molecule has 0 saturated carbocycles. The van der Waals surface area contributed by atoms with E-state index in [1.54, 1.807) is 13.8 Å². The van der Waals surface area contributed by atoms with Gasteiger partial charge in [-0.05, 0) is 64.8 Å². The first-order valence-corrected chi connectivity index (χ1v) is 18.6. The third kappa shape index (κ3) is 4.54. The molecule has 3 aliphatic heterocycles. The molecule has 47 heavy (non-hydrogen) atoms. The van der Waals surface area contributed by atoms with Crippen LogP contribution in [0.2, 0.25) is 0 Å². The number of rotatable bonds is 6. The molecule has 4 bridgehead atoms. The van der Waals surface area contributed by atoms with E-state index >= 15 is 0 Å². The summed E-state index contributed by atoms with van der Waals surface area (Å²) < 4.78 is 80.9. The lowest BCUT2D eigenvalue weighted by molar-refractivity contribution is -0.162. The van der Waals surface area contributed by atoms with Gasteiger partial charge in [0, 0.05) is 11.8 Å². The summed E-state index contributed by atoms with van der Waals surface area (Å²) in [6, 6.07) is 17.9. The lowest BCUT2D eigenvalue weighted by Crippen LogP contribution is -2.52. The number of hydrogen-bond acceptors (Lipinski definition) is 9. The minimum Gasteiger partial charge on any atom is -0.458 e. The van der Waals surface area contributed by atoms with Crippen molar-refractivity contribution in [3.8, 4) is 5.75 Å². The van der Waals surface area contributed by atoms with Gasteiger partial charge in [-0.3, -0.25) is 14.1 Å². The number of carbonyl (C=O) groups is 2. The standard InChI is InChI=1S/C34H33NO10S2/c1-15(2)21-14-24(16(3)12-25(21)47(40,41)42)43-34(37)27-29-30(28-31(44-29)32(27)46(38,39)35-28)45-33(36)23-13-22-17-8-4-6-10-19(17)26(23)20-11-7-5-9-18(20)22/h4-12,14-15,22-23,26-32,35H,13H2,1-3H3,(H,40,41,42). The van der Waals surface area contributed by atoms with Crippen molar-refractivity contribution in [2.75, 3.05) is 0 Å². The monoisotopic (exact) mass is 679 g/mol. The number of carbonyl (C=O) groups excluding carboxylic acids is 2. The summed E-state index contributed by atoms with van der Waals surface area (Å²) in [5.74, 6) is -3.72. The van der Waals surface area contributed by atoms with Crippen molar-refractivity contribution in [1.82, 2.24) is 4.72 Å². The smallest absolute Gasteiger partial charge is 0.318 e. The van der Waals surface area contributed by atoms with Gasteiger partial charge in [0.25, 0.3) is 10.1 Å². The maximum absolute atomic E-state index is 14.1. The second-order valence-electron chi connectivity index (χ2n) is 13.5. The molecule has 3 aromatic carbocycles. The lowest BCUT2D eigenvalue weighted by atomic mass is 9.59. The van der Waals surface area contributed by atoms with Crippen LogP contribution in [-0.2, 0) is 39.2 Å². The maximum atomic E-state index is 14.1. The Labute approximate surface area is 272 Å². The molecule has 3 heterocycles. The van der Waals surface area contributed by atoms with E-state index in [2.05, 4.69) is 16.9 Å². The molecule has 6 aliphatic rings. The van der Waals surface area contributed by atoms with Gasteiger partial charge in [-0.15, -0.1) is 0 Å². The Bertz CT molecular complexity index is 2030. The quantitative estimate of drug-likeness (QED) is 0.224. The normalized spacial score (nSPS) is 32.2. The molecule has 2 N–H and O–H groups in total. The van der Waals surface area contributed by atoms with Crippen molar-refractivity contribution >= 4 is 32.1 Å². The number of ether oxygens (including phenoxy) is 3. The minimum absolute atomic E-state index is 0.0181. The van der Waals surface area contributed by atoms with Crippen LogP contribution in [0.5, 0.6) is 5.75 Å². The molecule has 0 aromatic heterocycles. The Morgan fingerprint density at radius 3 is 2.17 bits per heavy atom. The van der Waals surface area contributed by atoms with E-state index in [9.17, 15) is 31.0 Å². The SMILES string of the molecule is Cc1cc(S(=O)(=O)O)c(C(C)C)cc1OC(=O)C1C2OC3C(NS(=O)(=O)C31)C2OC(=O)C1CC2c3ccccc3C1c1ccccc12. The Morgan fingerprint density at radius 1 is 0.957 bits per heavy atom. The van der Waals surface area contributed by atoms with Crippen molar-refractivity contribution in [2.45, 2.75) is 79.4 Å². The predicted molar refractivity (Wildman–Crippen MR) is 167 cm³/mol. The highest BCUT2D eigenvalue weighted by Crippen LogP contribution is 2.56. The van der Waals surface area contributed by atoms with Gasteiger partial charge >= 0.3 is 11.9 Å². The topological polar surface area (TPSA) is 162 Å². The van der Waals surface area contributed by atoms with Gasteiger partial charge in [0.05, 0.1) is 23.0 Å². The van der Waals surface area contributed by atoms with Crippen LogP contribution in [0.25, 0.3) is 0 Å². The molecule has 11 nitrogen and oxygen atoms in total. The lowest BCUT2D eigenvalue weighted by Gasteiger charge is -2.44. The highest BCUT2D eigenvalue weighted by Gasteiger charge is 2.72. The molecule has 9 rings (SSSR count). The fourth-order valence-electron chi connectivity index (χ4n) is 8.60. The third-order valence-electron chi connectivity index (χ3n) is 10.6. The van der Waals surface area contributed by atoms with E-state index in [1.807, 2.05) is 36.4 Å². The van der Waals surface area contributed by atoms with E-state index in [0.717, 1.165) is 11.1 Å². The number of hydrogen-bond donors (Lipinski definition) is 2. The molecule has 0 spiro atoms. The van der Waals surface area contributed by atoms with Crippen molar-refractivity contribution in [3.05, 3.63) is 94.0 Å². The Hall–Kier alpha value is -3.62. The highest BCUT2D eigenvalue weighted by molar-refractivity contribution is 7.90. The summed E-state index contributed by atoms with van der Waals surface area (Å²) in [7, 11) is -8.59. The molecule has 246 valence electrons. The van der Waals surface area contributed by atoms with Gasteiger partial charge in [0.2, 0.25) is 10.0 Å². The Balaban J connectivity index is 1.09. The molecule has 3 fully saturated rings. The summed E-state index contributed by atoms with van der Waals surface area (Å²) in [5, 5.41) is -1.24. The number of fused-ring (bicyclic) bond motifs is 2. The van der Waals surface area contributed by atoms with Crippen LogP contribution in [-0.4, -0.2) is 62.9 Å². The van der Waals surface area contributed by atoms with Crippen molar-refractivity contribution < 1.29 is 45.2 Å². The third-order valence-corrected chi connectivity index (χ3v) is 13.4. The summed E-state index contributed by atoms with van der Waals surface area (Å²) in [5.41, 5.74) is 5.02. The van der Waals surface area contributed by atoms with E-state index in [0.29, 0.717) is 6.42 Å². The van der Waals surface area contributed by atoms with Crippen LogP contribution in [0.1, 0.15) is 71.4 Å². The molecule has 13 heteroatoms. The zero-order chi connectivity index (χ0) is 33.2. The molecular weight excluding hydrogens is 647 g/mol. The zero-order valence-corrected chi connectivity index (χ0v) is 27.3. The minimum atomic E-state index is -4.55. The first kappa shape index (κ1) is 30.7. The average Bonchev–Trinajstić information content (AvgIpc) is 3.64. The van der Waals surface area contributed by atoms with Crippen molar-refractivity contribution in [3.63, 3.8) is 0 Å². The summed E-state index contributed by atoms with van der Waals surface area (Å²) >= 11 is 0. The van der Waals surface area contributed by atoms with Gasteiger partial charge in [-0.25, -0.2) is 13.1 Å². The number of aryl methyl sites for hydroxylation is 1. The van der Waals surface area contributed by atoms with Gasteiger partial charge in [-0.1, -0.05) is 62.4 Å². The van der Waals surface area contributed by atoms with Crippen LogP contribution in [0.4, 0.5) is 0 Å². The van der Waals surface area contributed by atoms with Crippen LogP contribution in [0.3, 0.4) is 0 Å². The zero-order valence-electron chi connectivity index (χ0n) is 25.7. The van der Waals surface area contributed by atoms with Crippen molar-refractivity contribution in [2.24, 2.45) is 11.8 Å². The molecule has 3 saturated heterocycles. The molecular formula is C34H33NO10S2. The predicted octanol–water partition coefficient (Wildman–Crippen LogP) is 3.55. The van der Waals surface area contributed by atoms with Gasteiger partial charge < -0.3 is 14.2 Å². The van der Waals surface area contributed by atoms with Crippen LogP contribution in [0, 0.1) is 18.8 Å². The summed E-state index contributed by atoms with van der Waals surface area (Å²) in [6.45, 7) is 4.96. The maximum Gasteiger partial charge on any atom is 0.318 e. The van der Waals surface area contributed by atoms with Crippen molar-refractivity contribution in [1.29, 1.82) is 0 Å². The highest BCUT2D eigenvalue weighted by atomic mass is 32.2. The molecule has 3 aromatic rings. The second-order valence-corrected chi connectivity index (χ2v) is 16.7. The first-order valence-electron chi connectivity index (χ1n) is 15.6. The van der Waals surface area contributed by atoms with E-state index in [1.165, 1.54) is 30.2 Å². The van der Waals surface area contributed by atoms with Crippen LogP contribution < -0.4 is 9.46 Å². The molecule has 0 radical (unpaired) electrons. The molecule has 7 unspecified atom stereocenters. The molecule has 7 atom stereocenters. The largest absolute Gasteiger partial charge is 0.458 e. The number of benzene rings is 3.